The van der Waals surface area contributed by atoms with Gasteiger partial charge in [-0.25, -0.2) is 0 Å². The summed E-state index contributed by atoms with van der Waals surface area (Å²) in [4.78, 5) is 11.1. The molecule has 0 saturated carbocycles. The number of aliphatic hydroxyl groups is 1. The summed E-state index contributed by atoms with van der Waals surface area (Å²) in [6.07, 6.45) is 1.48. The summed E-state index contributed by atoms with van der Waals surface area (Å²) in [5, 5.41) is 18.5. The van der Waals surface area contributed by atoms with Crippen molar-refractivity contribution >= 4 is 17.0 Å². The lowest BCUT2D eigenvalue weighted by atomic mass is 10.4. The van der Waals surface area contributed by atoms with Crippen molar-refractivity contribution in [2.24, 2.45) is 0 Å². The van der Waals surface area contributed by atoms with Gasteiger partial charge >= 0.3 is 0 Å². The summed E-state index contributed by atoms with van der Waals surface area (Å²) in [7, 11) is 0. The van der Waals surface area contributed by atoms with Gasteiger partial charge in [0.15, 0.2) is 11.2 Å². The number of hydrogen-bond acceptors (Lipinski definition) is 5. The highest BCUT2D eigenvalue weighted by Crippen LogP contribution is 2.33. The molecule has 0 aliphatic heterocycles. The minimum atomic E-state index is -0.419. The summed E-state index contributed by atoms with van der Waals surface area (Å²) in [5.41, 5.74) is 0.463. The first-order valence-corrected chi connectivity index (χ1v) is 4.57. The quantitative estimate of drug-likeness (QED) is 0.635. The molecule has 0 amide bonds. The third-order valence-electron chi connectivity index (χ3n) is 2.35. The maximum Gasteiger partial charge on any atom is 0.254 e. The lowest BCUT2D eigenvalue weighted by Gasteiger charge is -1.91. The van der Waals surface area contributed by atoms with Gasteiger partial charge in [0.2, 0.25) is 17.0 Å². The molecule has 6 nitrogen and oxygen atoms in total. The lowest BCUT2D eigenvalue weighted by Crippen LogP contribution is -1.97. The van der Waals surface area contributed by atoms with Crippen molar-refractivity contribution in [3.05, 3.63) is 34.3 Å². The standard InChI is InChI=1S/C10H7NO5/c12-4-6-8(14)9-10(15-6)11-2-1-5(13)3-7(11)16-9/h1-3,12,14H,4H2. The molecule has 16 heavy (non-hydrogen) atoms. The van der Waals surface area contributed by atoms with E-state index in [0.717, 1.165) is 0 Å². The lowest BCUT2D eigenvalue weighted by molar-refractivity contribution is 0.242. The molecule has 0 aromatic carbocycles. The van der Waals surface area contributed by atoms with E-state index < -0.39 is 6.61 Å². The second-order valence-corrected chi connectivity index (χ2v) is 3.34. The Morgan fingerprint density at radius 3 is 2.94 bits per heavy atom. The molecule has 0 fully saturated rings. The van der Waals surface area contributed by atoms with Crippen LogP contribution in [0.3, 0.4) is 0 Å². The molecular formula is C10H7NO5. The number of oxazole rings is 1. The Morgan fingerprint density at radius 1 is 1.38 bits per heavy atom. The Bertz CT molecular complexity index is 733. The zero-order valence-corrected chi connectivity index (χ0v) is 8.01. The van der Waals surface area contributed by atoms with Crippen LogP contribution in [0.4, 0.5) is 0 Å². The summed E-state index contributed by atoms with van der Waals surface area (Å²) in [6.45, 7) is -0.419. The van der Waals surface area contributed by atoms with Crippen LogP contribution in [-0.2, 0) is 6.61 Å². The molecule has 82 valence electrons. The smallest absolute Gasteiger partial charge is 0.254 e. The van der Waals surface area contributed by atoms with Crippen LogP contribution in [-0.4, -0.2) is 14.6 Å². The molecule has 0 atom stereocenters. The van der Waals surface area contributed by atoms with Gasteiger partial charge < -0.3 is 19.0 Å². The molecule has 3 heterocycles. The molecule has 3 rings (SSSR count). The second kappa shape index (κ2) is 2.89. The first kappa shape index (κ1) is 9.05. The first-order valence-electron chi connectivity index (χ1n) is 4.57. The summed E-state index contributed by atoms with van der Waals surface area (Å²) in [5.74, 6) is -0.206. The average Bonchev–Trinajstić information content (AvgIpc) is 2.75. The number of nitrogens with zero attached hydrogens (tertiary/aromatic N) is 1. The maximum atomic E-state index is 11.1. The topological polar surface area (TPSA) is 88.2 Å². The molecule has 0 saturated heterocycles. The van der Waals surface area contributed by atoms with Crippen LogP contribution in [0.25, 0.3) is 17.0 Å². The molecule has 3 aromatic heterocycles. The van der Waals surface area contributed by atoms with Gasteiger partial charge in [0.1, 0.15) is 6.61 Å². The minimum Gasteiger partial charge on any atom is -0.502 e. The van der Waals surface area contributed by atoms with Gasteiger partial charge in [0.05, 0.1) is 0 Å². The second-order valence-electron chi connectivity index (χ2n) is 3.34. The Hall–Kier alpha value is -2.21. The number of rotatable bonds is 1. The van der Waals surface area contributed by atoms with Crippen LogP contribution >= 0.6 is 0 Å². The van der Waals surface area contributed by atoms with Gasteiger partial charge in [0, 0.05) is 18.3 Å². The number of furan rings is 1. The third kappa shape index (κ3) is 1.01. The van der Waals surface area contributed by atoms with Crippen molar-refractivity contribution < 1.29 is 19.0 Å². The number of aromatic hydroxyl groups is 1. The number of aliphatic hydroxyl groups excluding tert-OH is 1. The molecule has 0 radical (unpaired) electrons. The Kier molecular flexibility index (Phi) is 1.64. The molecule has 0 bridgehead atoms. The number of hydrogen-bond donors (Lipinski definition) is 2. The molecule has 3 aromatic rings. The highest BCUT2D eigenvalue weighted by atomic mass is 16.4. The molecule has 0 unspecified atom stereocenters. The largest absolute Gasteiger partial charge is 0.502 e. The van der Waals surface area contributed by atoms with E-state index in [0.29, 0.717) is 0 Å². The van der Waals surface area contributed by atoms with Gasteiger partial charge in [-0.3, -0.25) is 9.20 Å². The molecule has 0 aliphatic rings. The fourth-order valence-corrected chi connectivity index (χ4v) is 1.61. The Labute approximate surface area is 87.9 Å². The van der Waals surface area contributed by atoms with E-state index in [-0.39, 0.29) is 33.9 Å². The Balaban J connectivity index is 2.50. The number of aromatic nitrogens is 1. The SMILES string of the molecule is O=c1ccn2c(c1)oc1c(O)c(CO)oc12. The van der Waals surface area contributed by atoms with Crippen LogP contribution < -0.4 is 5.43 Å². The van der Waals surface area contributed by atoms with Gasteiger partial charge in [-0.2, -0.15) is 0 Å². The van der Waals surface area contributed by atoms with Gasteiger partial charge in [-0.05, 0) is 0 Å². The van der Waals surface area contributed by atoms with E-state index in [4.69, 9.17) is 13.9 Å². The van der Waals surface area contributed by atoms with Crippen LogP contribution in [0.5, 0.6) is 5.75 Å². The summed E-state index contributed by atoms with van der Waals surface area (Å²) < 4.78 is 11.9. The molecule has 0 spiro atoms. The summed E-state index contributed by atoms with van der Waals surface area (Å²) in [6, 6.07) is 2.63. The molecule has 2 N–H and O–H groups in total. The van der Waals surface area contributed by atoms with E-state index in [2.05, 4.69) is 0 Å². The number of fused-ring (bicyclic) bond motifs is 3. The van der Waals surface area contributed by atoms with Crippen LogP contribution in [0, 0.1) is 0 Å². The van der Waals surface area contributed by atoms with Gasteiger partial charge in [-0.15, -0.1) is 0 Å². The minimum absolute atomic E-state index is 0.0364. The van der Waals surface area contributed by atoms with E-state index in [1.807, 2.05) is 0 Å². The predicted octanol–water partition coefficient (Wildman–Crippen LogP) is 0.837. The fourth-order valence-electron chi connectivity index (χ4n) is 1.61. The van der Waals surface area contributed by atoms with Gasteiger partial charge in [-0.1, -0.05) is 0 Å². The van der Waals surface area contributed by atoms with Crippen molar-refractivity contribution in [1.29, 1.82) is 0 Å². The van der Waals surface area contributed by atoms with Crippen molar-refractivity contribution in [2.75, 3.05) is 0 Å². The van der Waals surface area contributed by atoms with Crippen molar-refractivity contribution in [2.45, 2.75) is 6.61 Å². The van der Waals surface area contributed by atoms with Crippen LogP contribution in [0.2, 0.25) is 0 Å². The normalized spacial score (nSPS) is 11.6. The zero-order valence-electron chi connectivity index (χ0n) is 8.01. The monoisotopic (exact) mass is 221 g/mol. The molecule has 0 aliphatic carbocycles. The van der Waals surface area contributed by atoms with E-state index in [1.165, 1.54) is 22.7 Å². The van der Waals surface area contributed by atoms with E-state index in [9.17, 15) is 9.90 Å². The van der Waals surface area contributed by atoms with Gasteiger partial charge in [0.25, 0.3) is 5.71 Å². The fraction of sp³-hybridized carbons (Fsp3) is 0.100. The highest BCUT2D eigenvalue weighted by molar-refractivity contribution is 5.79. The zero-order chi connectivity index (χ0) is 11.3. The van der Waals surface area contributed by atoms with E-state index >= 15 is 0 Å². The van der Waals surface area contributed by atoms with Crippen LogP contribution in [0.15, 0.2) is 32.0 Å². The summed E-state index contributed by atoms with van der Waals surface area (Å²) >= 11 is 0. The van der Waals surface area contributed by atoms with Crippen molar-refractivity contribution in [3.63, 3.8) is 0 Å². The van der Waals surface area contributed by atoms with Crippen molar-refractivity contribution in [3.8, 4) is 5.75 Å². The number of pyridine rings is 1. The van der Waals surface area contributed by atoms with Crippen molar-refractivity contribution in [1.82, 2.24) is 4.40 Å². The predicted molar refractivity (Wildman–Crippen MR) is 53.3 cm³/mol. The maximum absolute atomic E-state index is 11.1. The average molecular weight is 221 g/mol. The Morgan fingerprint density at radius 2 is 2.19 bits per heavy atom. The van der Waals surface area contributed by atoms with E-state index in [1.54, 1.807) is 0 Å². The first-order chi connectivity index (χ1) is 7.70. The third-order valence-corrected chi connectivity index (χ3v) is 2.35. The molecule has 6 heteroatoms. The highest BCUT2D eigenvalue weighted by Gasteiger charge is 2.19. The molecular weight excluding hydrogens is 214 g/mol. The van der Waals surface area contributed by atoms with Crippen LogP contribution in [0.1, 0.15) is 5.76 Å².